The van der Waals surface area contributed by atoms with E-state index in [-0.39, 0.29) is 17.7 Å². The first kappa shape index (κ1) is 16.8. The van der Waals surface area contributed by atoms with Crippen molar-refractivity contribution in [2.75, 3.05) is 26.2 Å². The number of carbonyl (C=O) groups excluding carboxylic acids is 2. The lowest BCUT2D eigenvalue weighted by molar-refractivity contribution is -0.133. The molecule has 0 spiro atoms. The van der Waals surface area contributed by atoms with Crippen LogP contribution in [0.5, 0.6) is 0 Å². The molecule has 0 saturated carbocycles. The Balaban J connectivity index is 1.40. The molecule has 2 amide bonds. The van der Waals surface area contributed by atoms with Crippen LogP contribution >= 0.6 is 11.3 Å². The van der Waals surface area contributed by atoms with Gasteiger partial charge >= 0.3 is 0 Å². The fourth-order valence-electron chi connectivity index (χ4n) is 3.42. The molecule has 4 rings (SSSR count). The van der Waals surface area contributed by atoms with Gasteiger partial charge in [-0.15, -0.1) is 11.3 Å². The van der Waals surface area contributed by atoms with Crippen LogP contribution in [-0.4, -0.2) is 52.8 Å². The topological polar surface area (TPSA) is 56.4 Å². The lowest BCUT2D eigenvalue weighted by Crippen LogP contribution is -2.51. The van der Waals surface area contributed by atoms with Gasteiger partial charge in [-0.2, -0.15) is 0 Å². The van der Waals surface area contributed by atoms with E-state index in [4.69, 9.17) is 0 Å². The molecule has 5 nitrogen and oxygen atoms in total. The number of nitrogens with zero attached hydrogens (tertiary/aromatic N) is 2. The molecular formula is C20H21N3O2S. The quantitative estimate of drug-likeness (QED) is 0.772. The first-order valence-electron chi connectivity index (χ1n) is 8.82. The number of H-pyrrole nitrogens is 1. The van der Waals surface area contributed by atoms with E-state index >= 15 is 0 Å². The molecule has 1 aliphatic heterocycles. The molecule has 6 heteroatoms. The van der Waals surface area contributed by atoms with E-state index in [0.29, 0.717) is 31.9 Å². The lowest BCUT2D eigenvalue weighted by Gasteiger charge is -2.35. The van der Waals surface area contributed by atoms with Crippen LogP contribution in [0.25, 0.3) is 10.9 Å². The van der Waals surface area contributed by atoms with Crippen LogP contribution in [0, 0.1) is 0 Å². The number of piperazine rings is 1. The fraction of sp³-hybridized carbons (Fsp3) is 0.300. The Morgan fingerprint density at radius 3 is 2.46 bits per heavy atom. The van der Waals surface area contributed by atoms with Crippen molar-refractivity contribution in [3.05, 3.63) is 58.4 Å². The Kier molecular flexibility index (Phi) is 4.51. The number of fused-ring (bicyclic) bond motifs is 1. The SMILES string of the molecule is CC(C(=O)N1CCN(C(=O)c2cc3ccccc3[nH]2)CC1)c1cccs1. The minimum absolute atomic E-state index is 0.000366. The molecule has 26 heavy (non-hydrogen) atoms. The van der Waals surface area contributed by atoms with Gasteiger partial charge in [0.25, 0.3) is 5.91 Å². The van der Waals surface area contributed by atoms with E-state index in [1.54, 1.807) is 11.3 Å². The Bertz CT molecular complexity index is 891. The van der Waals surface area contributed by atoms with Crippen molar-refractivity contribution in [1.29, 1.82) is 0 Å². The maximum absolute atomic E-state index is 12.8. The Labute approximate surface area is 156 Å². The zero-order valence-electron chi connectivity index (χ0n) is 14.6. The fourth-order valence-corrected chi connectivity index (χ4v) is 4.20. The standard InChI is InChI=1S/C20H21N3O2S/c1-14(18-7-4-12-26-18)19(24)22-8-10-23(11-9-22)20(25)17-13-15-5-2-3-6-16(15)21-17/h2-7,12-14,21H,8-11H2,1H3. The number of aromatic amines is 1. The van der Waals surface area contributed by atoms with Gasteiger partial charge in [0.05, 0.1) is 5.92 Å². The van der Waals surface area contributed by atoms with Crippen molar-refractivity contribution in [3.8, 4) is 0 Å². The molecule has 3 aromatic rings. The van der Waals surface area contributed by atoms with E-state index < -0.39 is 0 Å². The molecule has 0 bridgehead atoms. The molecule has 1 atom stereocenters. The summed E-state index contributed by atoms with van der Waals surface area (Å²) < 4.78 is 0. The zero-order valence-corrected chi connectivity index (χ0v) is 15.5. The van der Waals surface area contributed by atoms with E-state index in [1.807, 2.05) is 64.6 Å². The molecule has 0 aliphatic carbocycles. The van der Waals surface area contributed by atoms with Gasteiger partial charge in [-0.1, -0.05) is 24.3 Å². The number of aromatic nitrogens is 1. The van der Waals surface area contributed by atoms with E-state index in [9.17, 15) is 9.59 Å². The zero-order chi connectivity index (χ0) is 18.1. The molecule has 1 N–H and O–H groups in total. The molecule has 134 valence electrons. The summed E-state index contributed by atoms with van der Waals surface area (Å²) in [5.74, 6) is 0.0238. The van der Waals surface area contributed by atoms with Crippen molar-refractivity contribution in [1.82, 2.24) is 14.8 Å². The number of benzene rings is 1. The Morgan fingerprint density at radius 1 is 1.04 bits per heavy atom. The third-order valence-corrected chi connectivity index (χ3v) is 6.03. The predicted molar refractivity (Wildman–Crippen MR) is 104 cm³/mol. The number of carbonyl (C=O) groups is 2. The number of hydrogen-bond donors (Lipinski definition) is 1. The highest BCUT2D eigenvalue weighted by atomic mass is 32.1. The highest BCUT2D eigenvalue weighted by Crippen LogP contribution is 2.24. The van der Waals surface area contributed by atoms with Crippen molar-refractivity contribution < 1.29 is 9.59 Å². The van der Waals surface area contributed by atoms with Crippen LogP contribution in [0.1, 0.15) is 28.2 Å². The number of amides is 2. The van der Waals surface area contributed by atoms with Gasteiger partial charge in [0.15, 0.2) is 0 Å². The highest BCUT2D eigenvalue weighted by molar-refractivity contribution is 7.10. The Hall–Kier alpha value is -2.60. The second kappa shape index (κ2) is 6.96. The molecule has 1 aliphatic rings. The summed E-state index contributed by atoms with van der Waals surface area (Å²) in [6.45, 7) is 4.26. The van der Waals surface area contributed by atoms with Gasteiger partial charge in [0, 0.05) is 42.0 Å². The molecule has 1 unspecified atom stereocenters. The number of hydrogen-bond acceptors (Lipinski definition) is 3. The maximum Gasteiger partial charge on any atom is 0.270 e. The van der Waals surface area contributed by atoms with Crippen LogP contribution < -0.4 is 0 Å². The largest absolute Gasteiger partial charge is 0.351 e. The van der Waals surface area contributed by atoms with Gasteiger partial charge in [-0.05, 0) is 30.5 Å². The van der Waals surface area contributed by atoms with E-state index in [0.717, 1.165) is 15.8 Å². The van der Waals surface area contributed by atoms with Crippen LogP contribution in [0.2, 0.25) is 0 Å². The number of para-hydroxylation sites is 1. The molecule has 1 fully saturated rings. The first-order chi connectivity index (χ1) is 12.6. The normalized spacial score (nSPS) is 16.0. The van der Waals surface area contributed by atoms with Gasteiger partial charge in [0.1, 0.15) is 5.69 Å². The minimum Gasteiger partial charge on any atom is -0.351 e. The third-order valence-electron chi connectivity index (χ3n) is 4.98. The first-order valence-corrected chi connectivity index (χ1v) is 9.70. The van der Waals surface area contributed by atoms with Crippen molar-refractivity contribution in [2.24, 2.45) is 0 Å². The monoisotopic (exact) mass is 367 g/mol. The van der Waals surface area contributed by atoms with Gasteiger partial charge < -0.3 is 14.8 Å². The van der Waals surface area contributed by atoms with Crippen LogP contribution in [0.4, 0.5) is 0 Å². The molecule has 2 aromatic heterocycles. The average Bonchev–Trinajstić information content (AvgIpc) is 3.36. The summed E-state index contributed by atoms with van der Waals surface area (Å²) in [4.78, 5) is 33.4. The lowest BCUT2D eigenvalue weighted by atomic mass is 10.1. The summed E-state index contributed by atoms with van der Waals surface area (Å²) in [7, 11) is 0. The highest BCUT2D eigenvalue weighted by Gasteiger charge is 2.28. The van der Waals surface area contributed by atoms with Crippen molar-refractivity contribution in [2.45, 2.75) is 12.8 Å². The van der Waals surface area contributed by atoms with Crippen LogP contribution in [0.15, 0.2) is 47.8 Å². The van der Waals surface area contributed by atoms with Gasteiger partial charge in [-0.3, -0.25) is 9.59 Å². The van der Waals surface area contributed by atoms with E-state index in [2.05, 4.69) is 4.98 Å². The number of thiophene rings is 1. The van der Waals surface area contributed by atoms with E-state index in [1.165, 1.54) is 0 Å². The Morgan fingerprint density at radius 2 is 1.77 bits per heavy atom. The minimum atomic E-state index is -0.119. The maximum atomic E-state index is 12.8. The summed E-state index contributed by atoms with van der Waals surface area (Å²) >= 11 is 1.61. The third kappa shape index (κ3) is 3.12. The second-order valence-corrected chi connectivity index (χ2v) is 7.60. The van der Waals surface area contributed by atoms with Gasteiger partial charge in [-0.25, -0.2) is 0 Å². The molecular weight excluding hydrogens is 346 g/mol. The van der Waals surface area contributed by atoms with Crippen LogP contribution in [0.3, 0.4) is 0 Å². The molecule has 1 aromatic carbocycles. The summed E-state index contributed by atoms with van der Waals surface area (Å²) in [5.41, 5.74) is 1.58. The molecule has 1 saturated heterocycles. The molecule has 3 heterocycles. The summed E-state index contributed by atoms with van der Waals surface area (Å²) in [6.07, 6.45) is 0. The average molecular weight is 367 g/mol. The summed E-state index contributed by atoms with van der Waals surface area (Å²) in [6, 6.07) is 13.7. The summed E-state index contributed by atoms with van der Waals surface area (Å²) in [5, 5.41) is 3.03. The number of rotatable bonds is 3. The van der Waals surface area contributed by atoms with Crippen LogP contribution in [-0.2, 0) is 4.79 Å². The molecule has 0 radical (unpaired) electrons. The number of nitrogens with one attached hydrogen (secondary N) is 1. The van der Waals surface area contributed by atoms with Crippen molar-refractivity contribution >= 4 is 34.1 Å². The second-order valence-electron chi connectivity index (χ2n) is 6.62. The van der Waals surface area contributed by atoms with Gasteiger partial charge in [0.2, 0.25) is 5.91 Å². The predicted octanol–water partition coefficient (Wildman–Crippen LogP) is 3.32. The van der Waals surface area contributed by atoms with Crippen molar-refractivity contribution in [3.63, 3.8) is 0 Å². The smallest absolute Gasteiger partial charge is 0.270 e.